The van der Waals surface area contributed by atoms with Crippen LogP contribution in [0.4, 0.5) is 0 Å². The van der Waals surface area contributed by atoms with Gasteiger partial charge in [-0.3, -0.25) is 9.58 Å². The number of nitrogens with one attached hydrogen (secondary N) is 1. The zero-order valence-corrected chi connectivity index (χ0v) is 14.7. The van der Waals surface area contributed by atoms with Crippen molar-refractivity contribution >= 4 is 0 Å². The van der Waals surface area contributed by atoms with Crippen LogP contribution in [0.5, 0.6) is 0 Å². The summed E-state index contributed by atoms with van der Waals surface area (Å²) in [5, 5.41) is 7.89. The molecule has 0 aliphatic carbocycles. The molecule has 1 aliphatic heterocycles. The second-order valence-electron chi connectivity index (χ2n) is 6.16. The molecule has 0 radical (unpaired) electrons. The largest absolute Gasteiger partial charge is 0.374 e. The Kier molecular flexibility index (Phi) is 6.01. The van der Waals surface area contributed by atoms with Crippen LogP contribution in [0.3, 0.4) is 0 Å². The number of morpholine rings is 1. The normalized spacial score (nSPS) is 21.9. The van der Waals surface area contributed by atoms with Crippen molar-refractivity contribution in [2.24, 2.45) is 0 Å². The maximum absolute atomic E-state index is 6.13. The lowest BCUT2D eigenvalue weighted by Crippen LogP contribution is -2.48. The Morgan fingerprint density at radius 2 is 2.00 bits per heavy atom. The summed E-state index contributed by atoms with van der Waals surface area (Å²) in [7, 11) is 0. The smallest absolute Gasteiger partial charge is 0.0896 e. The Morgan fingerprint density at radius 1 is 1.17 bits per heavy atom. The van der Waals surface area contributed by atoms with E-state index in [1.165, 1.54) is 11.3 Å². The first-order valence-electron chi connectivity index (χ1n) is 8.95. The van der Waals surface area contributed by atoms with E-state index in [-0.39, 0.29) is 6.10 Å². The summed E-state index contributed by atoms with van der Waals surface area (Å²) < 4.78 is 8.16. The van der Waals surface area contributed by atoms with Gasteiger partial charge >= 0.3 is 0 Å². The van der Waals surface area contributed by atoms with Gasteiger partial charge in [0.15, 0.2) is 0 Å². The molecule has 1 aromatic heterocycles. The molecule has 3 rings (SSSR count). The minimum absolute atomic E-state index is 0.166. The van der Waals surface area contributed by atoms with E-state index in [2.05, 4.69) is 65.6 Å². The molecule has 2 heterocycles. The average Bonchev–Trinajstić information content (AvgIpc) is 3.09. The third-order valence-corrected chi connectivity index (χ3v) is 4.76. The lowest BCUT2D eigenvalue weighted by molar-refractivity contribution is -0.0695. The van der Waals surface area contributed by atoms with Crippen LogP contribution >= 0.6 is 0 Å². The molecule has 2 atom stereocenters. The lowest BCUT2D eigenvalue weighted by atomic mass is 9.98. The predicted molar refractivity (Wildman–Crippen MR) is 95.8 cm³/mol. The fourth-order valence-corrected chi connectivity index (χ4v) is 3.53. The van der Waals surface area contributed by atoms with E-state index in [1.807, 2.05) is 10.9 Å². The molecule has 5 heteroatoms. The van der Waals surface area contributed by atoms with E-state index in [9.17, 15) is 0 Å². The van der Waals surface area contributed by atoms with E-state index in [0.717, 1.165) is 39.3 Å². The van der Waals surface area contributed by atoms with Gasteiger partial charge in [0.1, 0.15) is 0 Å². The van der Waals surface area contributed by atoms with Crippen molar-refractivity contribution in [3.63, 3.8) is 0 Å². The van der Waals surface area contributed by atoms with Gasteiger partial charge in [-0.05, 0) is 25.1 Å². The molecule has 2 aromatic rings. The number of aromatic nitrogens is 2. The SMILES string of the molecule is CCN1CCO[C@@H](CNCc2ccnn2CC)[C@@H]1c1ccccc1. The summed E-state index contributed by atoms with van der Waals surface area (Å²) in [6, 6.07) is 13.1. The standard InChI is InChI=1S/C19H28N4O/c1-3-22-12-13-24-18(19(22)16-8-6-5-7-9-16)15-20-14-17-10-11-21-23(17)4-2/h5-11,18-20H,3-4,12-15H2,1-2H3/t18-,19-/m0/s1. The molecule has 0 amide bonds. The van der Waals surface area contributed by atoms with Crippen molar-refractivity contribution < 1.29 is 4.74 Å². The fraction of sp³-hybridized carbons (Fsp3) is 0.526. The van der Waals surface area contributed by atoms with Gasteiger partial charge in [0, 0.05) is 32.4 Å². The Balaban J connectivity index is 1.65. The van der Waals surface area contributed by atoms with Crippen LogP contribution in [-0.2, 0) is 17.8 Å². The molecular formula is C19H28N4O. The van der Waals surface area contributed by atoms with Crippen LogP contribution in [0.15, 0.2) is 42.6 Å². The molecule has 1 aromatic carbocycles. The molecule has 0 unspecified atom stereocenters. The summed E-state index contributed by atoms with van der Waals surface area (Å²) >= 11 is 0. The number of aryl methyl sites for hydroxylation is 1. The Morgan fingerprint density at radius 3 is 2.75 bits per heavy atom. The van der Waals surface area contributed by atoms with Gasteiger partial charge < -0.3 is 10.1 Å². The highest BCUT2D eigenvalue weighted by Gasteiger charge is 2.32. The van der Waals surface area contributed by atoms with Gasteiger partial charge in [0.05, 0.1) is 24.4 Å². The molecule has 1 N–H and O–H groups in total. The van der Waals surface area contributed by atoms with Crippen LogP contribution in [0.1, 0.15) is 31.1 Å². The highest BCUT2D eigenvalue weighted by Crippen LogP contribution is 2.29. The number of hydrogen-bond acceptors (Lipinski definition) is 4. The molecule has 1 fully saturated rings. The molecule has 0 bridgehead atoms. The quantitative estimate of drug-likeness (QED) is 0.848. The van der Waals surface area contributed by atoms with E-state index in [1.54, 1.807) is 0 Å². The summed E-state index contributed by atoms with van der Waals surface area (Å²) in [5.41, 5.74) is 2.56. The molecular weight excluding hydrogens is 300 g/mol. The number of benzene rings is 1. The highest BCUT2D eigenvalue weighted by molar-refractivity contribution is 5.21. The number of likely N-dealkylation sites (N-methyl/N-ethyl adjacent to an activating group) is 1. The van der Waals surface area contributed by atoms with E-state index >= 15 is 0 Å². The number of ether oxygens (including phenoxy) is 1. The minimum Gasteiger partial charge on any atom is -0.374 e. The molecule has 0 saturated carbocycles. The van der Waals surface area contributed by atoms with Gasteiger partial charge in [0.25, 0.3) is 0 Å². The molecule has 0 spiro atoms. The van der Waals surface area contributed by atoms with Gasteiger partial charge in [-0.2, -0.15) is 5.10 Å². The molecule has 1 aliphatic rings. The predicted octanol–water partition coefficient (Wildman–Crippen LogP) is 2.45. The molecule has 130 valence electrons. The van der Waals surface area contributed by atoms with Gasteiger partial charge in [-0.25, -0.2) is 0 Å². The maximum Gasteiger partial charge on any atom is 0.0896 e. The third kappa shape index (κ3) is 3.86. The van der Waals surface area contributed by atoms with E-state index in [4.69, 9.17) is 4.74 Å². The zero-order chi connectivity index (χ0) is 16.8. The second kappa shape index (κ2) is 8.42. The van der Waals surface area contributed by atoms with Crippen LogP contribution in [0, 0.1) is 0 Å². The number of nitrogens with zero attached hydrogens (tertiary/aromatic N) is 3. The third-order valence-electron chi connectivity index (χ3n) is 4.76. The fourth-order valence-electron chi connectivity index (χ4n) is 3.53. The first kappa shape index (κ1) is 17.1. The van der Waals surface area contributed by atoms with Crippen molar-refractivity contribution in [3.05, 3.63) is 53.9 Å². The van der Waals surface area contributed by atoms with Crippen LogP contribution in [-0.4, -0.2) is 47.0 Å². The van der Waals surface area contributed by atoms with Gasteiger partial charge in [-0.15, -0.1) is 0 Å². The first-order chi connectivity index (χ1) is 11.8. The second-order valence-corrected chi connectivity index (χ2v) is 6.16. The average molecular weight is 328 g/mol. The Labute approximate surface area is 144 Å². The number of rotatable bonds is 7. The van der Waals surface area contributed by atoms with E-state index < -0.39 is 0 Å². The van der Waals surface area contributed by atoms with Crippen molar-refractivity contribution in [1.29, 1.82) is 0 Å². The number of hydrogen-bond donors (Lipinski definition) is 1. The molecule has 24 heavy (non-hydrogen) atoms. The monoisotopic (exact) mass is 328 g/mol. The van der Waals surface area contributed by atoms with Crippen LogP contribution in [0.2, 0.25) is 0 Å². The molecule has 5 nitrogen and oxygen atoms in total. The van der Waals surface area contributed by atoms with Crippen LogP contribution in [0.25, 0.3) is 0 Å². The van der Waals surface area contributed by atoms with Crippen molar-refractivity contribution in [2.45, 2.75) is 39.1 Å². The maximum atomic E-state index is 6.13. The van der Waals surface area contributed by atoms with Crippen molar-refractivity contribution in [3.8, 4) is 0 Å². The first-order valence-corrected chi connectivity index (χ1v) is 8.95. The highest BCUT2D eigenvalue weighted by atomic mass is 16.5. The van der Waals surface area contributed by atoms with Crippen molar-refractivity contribution in [2.75, 3.05) is 26.2 Å². The summed E-state index contributed by atoms with van der Waals surface area (Å²) in [4.78, 5) is 2.52. The van der Waals surface area contributed by atoms with Crippen LogP contribution < -0.4 is 5.32 Å². The Hall–Kier alpha value is -1.69. The van der Waals surface area contributed by atoms with Gasteiger partial charge in [0.2, 0.25) is 0 Å². The van der Waals surface area contributed by atoms with E-state index in [0.29, 0.717) is 6.04 Å². The zero-order valence-electron chi connectivity index (χ0n) is 14.7. The summed E-state index contributed by atoms with van der Waals surface area (Å²) in [6.07, 6.45) is 2.03. The lowest BCUT2D eigenvalue weighted by Gasteiger charge is -2.41. The molecule has 1 saturated heterocycles. The van der Waals surface area contributed by atoms with Crippen molar-refractivity contribution in [1.82, 2.24) is 20.0 Å². The Bertz CT molecular complexity index is 613. The topological polar surface area (TPSA) is 42.3 Å². The summed E-state index contributed by atoms with van der Waals surface area (Å²) in [6.45, 7) is 9.75. The van der Waals surface area contributed by atoms with Gasteiger partial charge in [-0.1, -0.05) is 37.3 Å². The minimum atomic E-state index is 0.166. The summed E-state index contributed by atoms with van der Waals surface area (Å²) in [5.74, 6) is 0.